The highest BCUT2D eigenvalue weighted by atomic mass is 16.5. The van der Waals surface area contributed by atoms with Crippen molar-refractivity contribution in [1.82, 2.24) is 15.2 Å². The molecule has 2 aliphatic rings. The van der Waals surface area contributed by atoms with Gasteiger partial charge in [-0.3, -0.25) is 14.6 Å². The normalized spacial score (nSPS) is 16.9. The van der Waals surface area contributed by atoms with E-state index in [-0.39, 0.29) is 11.8 Å². The Bertz CT molecular complexity index is 952. The molecule has 2 aromatic rings. The van der Waals surface area contributed by atoms with Crippen molar-refractivity contribution in [1.29, 1.82) is 0 Å². The van der Waals surface area contributed by atoms with Crippen LogP contribution in [-0.2, 0) is 11.4 Å². The second-order valence-electron chi connectivity index (χ2n) is 9.23. The molecule has 34 heavy (non-hydrogen) atoms. The van der Waals surface area contributed by atoms with E-state index < -0.39 is 0 Å². The van der Waals surface area contributed by atoms with E-state index in [9.17, 15) is 9.59 Å². The van der Waals surface area contributed by atoms with Crippen molar-refractivity contribution in [3.05, 3.63) is 53.9 Å². The molecule has 0 bridgehead atoms. The molecule has 7 heteroatoms. The van der Waals surface area contributed by atoms with Crippen LogP contribution in [0.2, 0.25) is 0 Å². The largest absolute Gasteiger partial charge is 0.490 e. The Balaban J connectivity index is 1.30. The molecule has 1 aliphatic heterocycles. The van der Waals surface area contributed by atoms with Crippen molar-refractivity contribution in [2.75, 3.05) is 19.7 Å². The highest BCUT2D eigenvalue weighted by molar-refractivity contribution is 5.95. The van der Waals surface area contributed by atoms with E-state index in [0.29, 0.717) is 61.7 Å². The number of carbonyl (C=O) groups is 2. The maximum absolute atomic E-state index is 13.1. The topological polar surface area (TPSA) is 80.8 Å². The van der Waals surface area contributed by atoms with Crippen LogP contribution >= 0.6 is 0 Å². The number of hydrogen-bond acceptors (Lipinski definition) is 5. The quantitative estimate of drug-likeness (QED) is 0.595. The molecule has 1 aromatic heterocycles. The zero-order chi connectivity index (χ0) is 23.8. The Labute approximate surface area is 201 Å². The maximum Gasteiger partial charge on any atom is 0.253 e. The number of rotatable bonds is 9. The fourth-order valence-electron chi connectivity index (χ4n) is 4.81. The molecule has 1 saturated carbocycles. The lowest BCUT2D eigenvalue weighted by Crippen LogP contribution is -2.40. The van der Waals surface area contributed by atoms with Gasteiger partial charge in [0, 0.05) is 49.1 Å². The lowest BCUT2D eigenvalue weighted by Gasteiger charge is -2.32. The summed E-state index contributed by atoms with van der Waals surface area (Å²) in [5.74, 6) is 1.67. The van der Waals surface area contributed by atoms with Crippen LogP contribution in [0.5, 0.6) is 11.5 Å². The molecule has 2 fully saturated rings. The van der Waals surface area contributed by atoms with Gasteiger partial charge in [-0.05, 0) is 62.8 Å². The summed E-state index contributed by atoms with van der Waals surface area (Å²) in [4.78, 5) is 31.5. The molecule has 182 valence electrons. The summed E-state index contributed by atoms with van der Waals surface area (Å²) in [6.07, 6.45) is 10.4. The van der Waals surface area contributed by atoms with Crippen LogP contribution in [0.4, 0.5) is 0 Å². The Kier molecular flexibility index (Phi) is 8.39. The number of benzene rings is 1. The average Bonchev–Trinajstić information content (AvgIpc) is 3.37. The summed E-state index contributed by atoms with van der Waals surface area (Å²) < 4.78 is 11.7. The highest BCUT2D eigenvalue weighted by Crippen LogP contribution is 2.31. The maximum atomic E-state index is 13.1. The second-order valence-corrected chi connectivity index (χ2v) is 9.23. The first-order valence-electron chi connectivity index (χ1n) is 12.5. The molecule has 1 aliphatic carbocycles. The van der Waals surface area contributed by atoms with Gasteiger partial charge < -0.3 is 19.7 Å². The fourth-order valence-corrected chi connectivity index (χ4v) is 4.81. The summed E-state index contributed by atoms with van der Waals surface area (Å²) in [6, 6.07) is 9.55. The summed E-state index contributed by atoms with van der Waals surface area (Å²) in [6.45, 7) is 4.11. The van der Waals surface area contributed by atoms with Gasteiger partial charge in [0.25, 0.3) is 5.91 Å². The molecule has 0 radical (unpaired) electrons. The minimum Gasteiger partial charge on any atom is -0.490 e. The molecular formula is C27H35N3O4. The number of hydrogen-bond donors (Lipinski definition) is 1. The van der Waals surface area contributed by atoms with Gasteiger partial charge in [0.15, 0.2) is 11.5 Å². The number of nitrogens with zero attached hydrogens (tertiary/aromatic N) is 2. The van der Waals surface area contributed by atoms with Crippen molar-refractivity contribution in [2.24, 2.45) is 5.92 Å². The van der Waals surface area contributed by atoms with E-state index in [1.165, 1.54) is 12.8 Å². The summed E-state index contributed by atoms with van der Waals surface area (Å²) in [7, 11) is 0. The van der Waals surface area contributed by atoms with E-state index in [1.807, 2.05) is 24.0 Å². The second kappa shape index (κ2) is 11.9. The van der Waals surface area contributed by atoms with Crippen molar-refractivity contribution >= 4 is 11.8 Å². The van der Waals surface area contributed by atoms with E-state index in [0.717, 1.165) is 31.2 Å². The molecule has 1 N–H and O–H groups in total. The fraction of sp³-hybridized carbons (Fsp3) is 0.519. The van der Waals surface area contributed by atoms with Gasteiger partial charge in [0.1, 0.15) is 6.61 Å². The zero-order valence-corrected chi connectivity index (χ0v) is 20.0. The first-order chi connectivity index (χ1) is 16.6. The Hall–Kier alpha value is -3.09. The molecule has 2 amide bonds. The zero-order valence-electron chi connectivity index (χ0n) is 20.0. The van der Waals surface area contributed by atoms with Gasteiger partial charge in [-0.1, -0.05) is 18.9 Å². The third kappa shape index (κ3) is 6.49. The van der Waals surface area contributed by atoms with Crippen molar-refractivity contribution < 1.29 is 19.1 Å². The van der Waals surface area contributed by atoms with E-state index in [1.54, 1.807) is 30.6 Å². The van der Waals surface area contributed by atoms with E-state index in [2.05, 4.69) is 10.3 Å². The first-order valence-corrected chi connectivity index (χ1v) is 12.5. The van der Waals surface area contributed by atoms with Crippen molar-refractivity contribution in [2.45, 2.75) is 64.5 Å². The van der Waals surface area contributed by atoms with Gasteiger partial charge >= 0.3 is 0 Å². The molecule has 2 heterocycles. The molecule has 1 aromatic carbocycles. The number of likely N-dealkylation sites (tertiary alicyclic amines) is 1. The summed E-state index contributed by atoms with van der Waals surface area (Å²) in [5, 5.41) is 3.18. The number of piperidine rings is 1. The van der Waals surface area contributed by atoms with Crippen molar-refractivity contribution in [3.63, 3.8) is 0 Å². The molecule has 4 rings (SSSR count). The number of pyridine rings is 1. The number of nitrogens with one attached hydrogen (secondary N) is 1. The standard InChI is InChI=1S/C27H35N3O4/c1-2-33-25-17-22(9-10-24(25)34-19-21-6-5-13-28-18-21)27(32)30-14-11-20(12-15-30)16-26(31)29-23-7-3-4-8-23/h5-6,9-10,13,17-18,20,23H,2-4,7-8,11-12,14-16,19H2,1H3,(H,29,31). The van der Waals surface area contributed by atoms with Crippen LogP contribution in [0.25, 0.3) is 0 Å². The Morgan fingerprint density at radius 3 is 2.56 bits per heavy atom. The van der Waals surface area contributed by atoms with Gasteiger partial charge in [-0.25, -0.2) is 0 Å². The third-order valence-electron chi connectivity index (χ3n) is 6.70. The lowest BCUT2D eigenvalue weighted by atomic mass is 9.92. The average molecular weight is 466 g/mol. The minimum atomic E-state index is -0.00591. The van der Waals surface area contributed by atoms with Gasteiger partial charge in [0.05, 0.1) is 6.61 Å². The molecule has 0 atom stereocenters. The molecular weight excluding hydrogens is 430 g/mol. The van der Waals surface area contributed by atoms with Crippen LogP contribution in [-0.4, -0.2) is 47.4 Å². The Morgan fingerprint density at radius 2 is 1.85 bits per heavy atom. The minimum absolute atomic E-state index is 0.00591. The van der Waals surface area contributed by atoms with E-state index >= 15 is 0 Å². The monoisotopic (exact) mass is 465 g/mol. The number of ether oxygens (including phenoxy) is 2. The summed E-state index contributed by atoms with van der Waals surface area (Å²) in [5.41, 5.74) is 1.56. The summed E-state index contributed by atoms with van der Waals surface area (Å²) >= 11 is 0. The number of carbonyl (C=O) groups excluding carboxylic acids is 2. The highest BCUT2D eigenvalue weighted by Gasteiger charge is 2.27. The van der Waals surface area contributed by atoms with Crippen LogP contribution in [0, 0.1) is 5.92 Å². The lowest BCUT2D eigenvalue weighted by molar-refractivity contribution is -0.123. The van der Waals surface area contributed by atoms with E-state index in [4.69, 9.17) is 9.47 Å². The SMILES string of the molecule is CCOc1cc(C(=O)N2CCC(CC(=O)NC3CCCC3)CC2)ccc1OCc1cccnc1. The van der Waals surface area contributed by atoms with Crippen LogP contribution in [0.1, 0.15) is 67.8 Å². The predicted molar refractivity (Wildman–Crippen MR) is 130 cm³/mol. The third-order valence-corrected chi connectivity index (χ3v) is 6.70. The smallest absolute Gasteiger partial charge is 0.253 e. The molecule has 0 spiro atoms. The molecule has 7 nitrogen and oxygen atoms in total. The number of aromatic nitrogens is 1. The van der Waals surface area contributed by atoms with Crippen LogP contribution in [0.15, 0.2) is 42.7 Å². The Morgan fingerprint density at radius 1 is 1.06 bits per heavy atom. The number of amides is 2. The molecule has 0 unspecified atom stereocenters. The van der Waals surface area contributed by atoms with Gasteiger partial charge in [0.2, 0.25) is 5.91 Å². The molecule has 1 saturated heterocycles. The first kappa shape index (κ1) is 24.0. The van der Waals surface area contributed by atoms with Crippen molar-refractivity contribution in [3.8, 4) is 11.5 Å². The van der Waals surface area contributed by atoms with Crippen LogP contribution in [0.3, 0.4) is 0 Å². The van der Waals surface area contributed by atoms with Crippen LogP contribution < -0.4 is 14.8 Å². The predicted octanol–water partition coefficient (Wildman–Crippen LogP) is 4.36. The van der Waals surface area contributed by atoms with Gasteiger partial charge in [-0.2, -0.15) is 0 Å². The van der Waals surface area contributed by atoms with Gasteiger partial charge in [-0.15, -0.1) is 0 Å².